The molecule has 1 aromatic heterocycles. The van der Waals surface area contributed by atoms with E-state index in [2.05, 4.69) is 54.5 Å². The molecule has 0 aliphatic rings. The number of methoxy groups -OCH3 is 1. The van der Waals surface area contributed by atoms with E-state index in [1.54, 1.807) is 7.11 Å². The molecule has 0 fully saturated rings. The minimum absolute atomic E-state index is 0.356. The fourth-order valence-corrected chi connectivity index (χ4v) is 3.52. The SMILES string of the molecule is CCNC(=NCc1cc(C(C)C)no1)NCC(C)CSc1ccccc1OC. The van der Waals surface area contributed by atoms with Gasteiger partial charge in [-0.3, -0.25) is 0 Å². The van der Waals surface area contributed by atoms with Crippen LogP contribution in [0.4, 0.5) is 0 Å². The molecule has 0 aliphatic heterocycles. The molecule has 2 rings (SSSR count). The molecule has 0 aliphatic carbocycles. The van der Waals surface area contributed by atoms with E-state index in [0.717, 1.165) is 42.0 Å². The predicted octanol–water partition coefficient (Wildman–Crippen LogP) is 4.29. The molecule has 1 unspecified atom stereocenters. The van der Waals surface area contributed by atoms with Gasteiger partial charge in [-0.05, 0) is 30.9 Å². The molecule has 1 atom stereocenters. The molecule has 28 heavy (non-hydrogen) atoms. The molecule has 7 heteroatoms. The molecule has 154 valence electrons. The summed E-state index contributed by atoms with van der Waals surface area (Å²) in [6.07, 6.45) is 0. The number of nitrogens with one attached hydrogen (secondary N) is 2. The lowest BCUT2D eigenvalue weighted by molar-refractivity contribution is 0.376. The Bertz CT molecular complexity index is 746. The average Bonchev–Trinajstić information content (AvgIpc) is 3.18. The molecular weight excluding hydrogens is 372 g/mol. The number of aromatic nitrogens is 1. The summed E-state index contributed by atoms with van der Waals surface area (Å²) in [7, 11) is 1.71. The third-order valence-corrected chi connectivity index (χ3v) is 5.50. The van der Waals surface area contributed by atoms with Gasteiger partial charge in [-0.25, -0.2) is 4.99 Å². The average molecular weight is 405 g/mol. The van der Waals surface area contributed by atoms with Gasteiger partial charge in [0.2, 0.25) is 0 Å². The van der Waals surface area contributed by atoms with Crippen LogP contribution in [0.1, 0.15) is 45.1 Å². The Hall–Kier alpha value is -2.15. The van der Waals surface area contributed by atoms with Crippen LogP contribution in [0, 0.1) is 5.92 Å². The number of nitrogens with zero attached hydrogens (tertiary/aromatic N) is 2. The van der Waals surface area contributed by atoms with Gasteiger partial charge in [0.25, 0.3) is 0 Å². The van der Waals surface area contributed by atoms with E-state index >= 15 is 0 Å². The molecule has 0 bridgehead atoms. The highest BCUT2D eigenvalue weighted by atomic mass is 32.2. The number of ether oxygens (including phenoxy) is 1. The molecule has 0 radical (unpaired) electrons. The van der Waals surface area contributed by atoms with Crippen molar-refractivity contribution in [3.63, 3.8) is 0 Å². The Labute approximate surface area is 172 Å². The van der Waals surface area contributed by atoms with Crippen molar-refractivity contribution < 1.29 is 9.26 Å². The lowest BCUT2D eigenvalue weighted by Gasteiger charge is -2.16. The lowest BCUT2D eigenvalue weighted by atomic mass is 10.1. The maximum absolute atomic E-state index is 5.42. The molecule has 0 saturated carbocycles. The summed E-state index contributed by atoms with van der Waals surface area (Å²) >= 11 is 1.81. The smallest absolute Gasteiger partial charge is 0.191 e. The van der Waals surface area contributed by atoms with Gasteiger partial charge in [-0.2, -0.15) is 0 Å². The van der Waals surface area contributed by atoms with Crippen LogP contribution < -0.4 is 15.4 Å². The Morgan fingerprint density at radius 3 is 2.71 bits per heavy atom. The second-order valence-electron chi connectivity index (χ2n) is 7.02. The fourth-order valence-electron chi connectivity index (χ4n) is 2.47. The first-order chi connectivity index (χ1) is 13.5. The quantitative estimate of drug-likeness (QED) is 0.350. The largest absolute Gasteiger partial charge is 0.496 e. The van der Waals surface area contributed by atoms with Crippen LogP contribution in [0.15, 0.2) is 44.7 Å². The maximum Gasteiger partial charge on any atom is 0.191 e. The first kappa shape index (κ1) is 22.1. The second-order valence-corrected chi connectivity index (χ2v) is 8.08. The third kappa shape index (κ3) is 7.11. The van der Waals surface area contributed by atoms with Crippen molar-refractivity contribution in [2.45, 2.75) is 45.1 Å². The van der Waals surface area contributed by atoms with Gasteiger partial charge in [0.15, 0.2) is 11.7 Å². The molecule has 0 saturated heterocycles. The van der Waals surface area contributed by atoms with E-state index in [0.29, 0.717) is 18.4 Å². The van der Waals surface area contributed by atoms with Crippen molar-refractivity contribution >= 4 is 17.7 Å². The Balaban J connectivity index is 1.83. The minimum Gasteiger partial charge on any atom is -0.496 e. The number of rotatable bonds is 10. The molecule has 2 N–H and O–H groups in total. The summed E-state index contributed by atoms with van der Waals surface area (Å²) in [5.74, 6) is 4.31. The van der Waals surface area contributed by atoms with Crippen LogP contribution in [0.3, 0.4) is 0 Å². The van der Waals surface area contributed by atoms with Crippen LogP contribution in [-0.2, 0) is 6.54 Å². The summed E-state index contributed by atoms with van der Waals surface area (Å²) in [5, 5.41) is 10.8. The molecule has 1 heterocycles. The van der Waals surface area contributed by atoms with Gasteiger partial charge in [0.1, 0.15) is 12.3 Å². The van der Waals surface area contributed by atoms with Crippen LogP contribution in [0.2, 0.25) is 0 Å². The van der Waals surface area contributed by atoms with Crippen molar-refractivity contribution in [3.05, 3.63) is 41.8 Å². The van der Waals surface area contributed by atoms with Gasteiger partial charge in [-0.1, -0.05) is 38.1 Å². The van der Waals surface area contributed by atoms with E-state index in [4.69, 9.17) is 9.26 Å². The molecule has 6 nitrogen and oxygen atoms in total. The normalized spacial score (nSPS) is 12.9. The second kappa shape index (κ2) is 11.6. The highest BCUT2D eigenvalue weighted by molar-refractivity contribution is 7.99. The third-order valence-electron chi connectivity index (χ3n) is 4.12. The number of benzene rings is 1. The number of thioether (sulfide) groups is 1. The summed E-state index contributed by atoms with van der Waals surface area (Å²) in [5.41, 5.74) is 0.963. The van der Waals surface area contributed by atoms with Gasteiger partial charge in [0.05, 0.1) is 12.8 Å². The van der Waals surface area contributed by atoms with Crippen molar-refractivity contribution in [2.24, 2.45) is 10.9 Å². The monoisotopic (exact) mass is 404 g/mol. The van der Waals surface area contributed by atoms with E-state index < -0.39 is 0 Å². The van der Waals surface area contributed by atoms with Gasteiger partial charge in [-0.15, -0.1) is 11.8 Å². The number of guanidine groups is 1. The fraction of sp³-hybridized carbons (Fsp3) is 0.524. The van der Waals surface area contributed by atoms with Crippen molar-refractivity contribution in [3.8, 4) is 5.75 Å². The first-order valence-electron chi connectivity index (χ1n) is 9.77. The molecule has 2 aromatic rings. The summed E-state index contributed by atoms with van der Waals surface area (Å²) in [6.45, 7) is 10.6. The zero-order valence-electron chi connectivity index (χ0n) is 17.5. The van der Waals surface area contributed by atoms with Crippen molar-refractivity contribution in [2.75, 3.05) is 26.0 Å². The standard InChI is InChI=1S/C21H32N4O2S/c1-6-22-21(24-13-17-11-18(15(2)3)25-27-17)23-12-16(4)14-28-20-10-8-7-9-19(20)26-5/h7-11,15-16H,6,12-14H2,1-5H3,(H2,22,23,24). The highest BCUT2D eigenvalue weighted by Crippen LogP contribution is 2.29. The van der Waals surface area contributed by atoms with Gasteiger partial charge < -0.3 is 19.9 Å². The van der Waals surface area contributed by atoms with E-state index in [-0.39, 0.29) is 0 Å². The lowest BCUT2D eigenvalue weighted by Crippen LogP contribution is -2.39. The number of para-hydroxylation sites is 1. The van der Waals surface area contributed by atoms with Crippen LogP contribution in [0.5, 0.6) is 5.75 Å². The number of hydrogen-bond acceptors (Lipinski definition) is 5. The molecule has 0 amide bonds. The summed E-state index contributed by atoms with van der Waals surface area (Å²) in [6, 6.07) is 10.1. The van der Waals surface area contributed by atoms with Crippen molar-refractivity contribution in [1.82, 2.24) is 15.8 Å². The zero-order valence-corrected chi connectivity index (χ0v) is 18.3. The van der Waals surface area contributed by atoms with E-state index in [1.165, 1.54) is 4.90 Å². The minimum atomic E-state index is 0.356. The Kier molecular flexibility index (Phi) is 9.20. The number of aliphatic imine (C=N–C) groups is 1. The van der Waals surface area contributed by atoms with Crippen LogP contribution in [0.25, 0.3) is 0 Å². The first-order valence-corrected chi connectivity index (χ1v) is 10.8. The van der Waals surface area contributed by atoms with Crippen LogP contribution in [-0.4, -0.2) is 37.1 Å². The van der Waals surface area contributed by atoms with Gasteiger partial charge in [0, 0.05) is 29.8 Å². The summed E-state index contributed by atoms with van der Waals surface area (Å²) < 4.78 is 10.8. The van der Waals surface area contributed by atoms with Crippen molar-refractivity contribution in [1.29, 1.82) is 0 Å². The molecule has 1 aromatic carbocycles. The number of hydrogen-bond donors (Lipinski definition) is 2. The van der Waals surface area contributed by atoms with Gasteiger partial charge >= 0.3 is 0 Å². The predicted molar refractivity (Wildman–Crippen MR) is 116 cm³/mol. The Morgan fingerprint density at radius 2 is 2.04 bits per heavy atom. The van der Waals surface area contributed by atoms with E-state index in [9.17, 15) is 0 Å². The molecular formula is C21H32N4O2S. The Morgan fingerprint density at radius 1 is 1.25 bits per heavy atom. The maximum atomic E-state index is 5.42. The topological polar surface area (TPSA) is 71.7 Å². The summed E-state index contributed by atoms with van der Waals surface area (Å²) in [4.78, 5) is 5.78. The zero-order chi connectivity index (χ0) is 20.4. The van der Waals surface area contributed by atoms with Crippen LogP contribution >= 0.6 is 11.8 Å². The molecule has 0 spiro atoms. The highest BCUT2D eigenvalue weighted by Gasteiger charge is 2.09. The van der Waals surface area contributed by atoms with E-state index in [1.807, 2.05) is 36.0 Å².